The van der Waals surface area contributed by atoms with Gasteiger partial charge in [-0.1, -0.05) is 32.9 Å². The van der Waals surface area contributed by atoms with Gasteiger partial charge < -0.3 is 9.84 Å². The molecule has 152 valence electrons. The normalized spacial score (nSPS) is 11.5. The van der Waals surface area contributed by atoms with Gasteiger partial charge in [-0.25, -0.2) is 0 Å². The molecule has 1 N–H and O–H groups in total. The summed E-state index contributed by atoms with van der Waals surface area (Å²) in [6, 6.07) is 19.4. The van der Waals surface area contributed by atoms with Crippen molar-refractivity contribution in [3.05, 3.63) is 85.6 Å². The zero-order valence-electron chi connectivity index (χ0n) is 16.9. The molecule has 3 aromatic rings. The van der Waals surface area contributed by atoms with E-state index in [0.29, 0.717) is 12.4 Å². The molecular weight excluding hydrogens is 701 g/mol. The number of aromatic hydroxyl groups is 1. The van der Waals surface area contributed by atoms with E-state index in [-0.39, 0.29) is 26.6 Å². The Morgan fingerprint density at radius 3 is 2.10 bits per heavy atom. The van der Waals surface area contributed by atoms with E-state index >= 15 is 0 Å². The molecule has 0 aliphatic carbocycles. The molecule has 0 heterocycles. The molecule has 5 heteroatoms. The minimum atomic E-state index is -0.208. The molecule has 0 bridgehead atoms. The van der Waals surface area contributed by atoms with E-state index in [9.17, 15) is 5.11 Å². The molecule has 0 unspecified atom stereocenters. The minimum absolute atomic E-state index is 0.194. The van der Waals surface area contributed by atoms with Gasteiger partial charge in [0.05, 0.1) is 7.14 Å². The van der Waals surface area contributed by atoms with Crippen LogP contribution >= 0.6 is 45.2 Å². The maximum atomic E-state index is 9.91. The molecule has 0 aromatic heterocycles. The lowest BCUT2D eigenvalue weighted by Gasteiger charge is -2.18. The van der Waals surface area contributed by atoms with E-state index in [1.165, 1.54) is 18.3 Å². The first-order chi connectivity index (χ1) is 13.6. The molecule has 0 radical (unpaired) electrons. The van der Waals surface area contributed by atoms with Crippen molar-refractivity contribution in [2.45, 2.75) is 39.7 Å². The average molecular weight is 725 g/mol. The third kappa shape index (κ3) is 6.22. The van der Waals surface area contributed by atoms with Crippen LogP contribution < -0.4 is 25.9 Å². The highest BCUT2D eigenvalue weighted by Gasteiger charge is 2.20. The molecule has 3 rings (SSSR count). The van der Waals surface area contributed by atoms with Crippen molar-refractivity contribution < 1.29 is 31.0 Å². The number of aryl methyl sites for hydroxylation is 1. The van der Waals surface area contributed by atoms with Gasteiger partial charge >= 0.3 is 21.2 Å². The van der Waals surface area contributed by atoms with E-state index in [2.05, 4.69) is 115 Å². The molecule has 0 spiro atoms. The number of phenols is 1. The van der Waals surface area contributed by atoms with Gasteiger partial charge in [0.25, 0.3) is 0 Å². The van der Waals surface area contributed by atoms with Crippen LogP contribution in [-0.4, -0.2) is 5.11 Å². The van der Waals surface area contributed by atoms with Gasteiger partial charge in [-0.15, -0.1) is 0 Å². The van der Waals surface area contributed by atoms with Gasteiger partial charge in [0.1, 0.15) is 18.1 Å². The summed E-state index contributed by atoms with van der Waals surface area (Å²) < 4.78 is 10.6. The lowest BCUT2D eigenvalue weighted by atomic mass is 9.87. The van der Waals surface area contributed by atoms with Gasteiger partial charge in [0, 0.05) is 5.56 Å². The number of hydrogen-bond acceptors (Lipinski definition) is 2. The molecular formula is C24H24I3O2+. The Morgan fingerprint density at radius 1 is 0.931 bits per heavy atom. The summed E-state index contributed by atoms with van der Waals surface area (Å²) in [6.45, 7) is 9.41. The van der Waals surface area contributed by atoms with Crippen molar-refractivity contribution in [1.29, 1.82) is 0 Å². The third-order valence-corrected chi connectivity index (χ3v) is 9.31. The van der Waals surface area contributed by atoms with Gasteiger partial charge in [-0.3, -0.25) is 0 Å². The van der Waals surface area contributed by atoms with Crippen LogP contribution in [0.4, 0.5) is 0 Å². The molecule has 0 fully saturated rings. The van der Waals surface area contributed by atoms with Crippen LogP contribution in [0.1, 0.15) is 37.5 Å². The summed E-state index contributed by atoms with van der Waals surface area (Å²) >= 11 is 4.09. The summed E-state index contributed by atoms with van der Waals surface area (Å²) in [4.78, 5) is 0. The van der Waals surface area contributed by atoms with Crippen LogP contribution in [0.3, 0.4) is 0 Å². The van der Waals surface area contributed by atoms with Crippen molar-refractivity contribution in [3.63, 3.8) is 0 Å². The van der Waals surface area contributed by atoms with E-state index in [1.54, 1.807) is 0 Å². The van der Waals surface area contributed by atoms with Crippen molar-refractivity contribution in [2.75, 3.05) is 0 Å². The molecule has 0 saturated heterocycles. The first kappa shape index (κ1) is 23.1. The van der Waals surface area contributed by atoms with E-state index in [0.717, 1.165) is 18.5 Å². The number of benzene rings is 3. The van der Waals surface area contributed by atoms with Crippen LogP contribution in [0.15, 0.2) is 54.6 Å². The van der Waals surface area contributed by atoms with E-state index in [4.69, 9.17) is 4.74 Å². The Labute approximate surface area is 211 Å². The largest absolute Gasteiger partial charge is 0.506 e. The monoisotopic (exact) mass is 725 g/mol. The van der Waals surface area contributed by atoms with E-state index in [1.807, 2.05) is 12.1 Å². The number of phenolic OH excluding ortho intramolecular Hbond substituents is 1. The van der Waals surface area contributed by atoms with Crippen LogP contribution in [0, 0.1) is 21.2 Å². The quantitative estimate of drug-likeness (QED) is 0.405. The van der Waals surface area contributed by atoms with Crippen LogP contribution in [0.2, 0.25) is 0 Å². The fourth-order valence-corrected chi connectivity index (χ4v) is 7.04. The van der Waals surface area contributed by atoms with Crippen molar-refractivity contribution >= 4 is 45.2 Å². The summed E-state index contributed by atoms with van der Waals surface area (Å²) in [5.74, 6) is 1.23. The van der Waals surface area contributed by atoms with Gasteiger partial charge in [-0.05, 0) is 111 Å². The molecule has 0 saturated carbocycles. The number of hydrogen-bond donors (Lipinski definition) is 1. The predicted octanol–water partition coefficient (Wildman–Crippen LogP) is 3.91. The van der Waals surface area contributed by atoms with Crippen molar-refractivity contribution in [2.24, 2.45) is 0 Å². The molecule has 0 aliphatic rings. The maximum absolute atomic E-state index is 9.91. The van der Waals surface area contributed by atoms with Crippen LogP contribution in [0.25, 0.3) is 0 Å². The summed E-state index contributed by atoms with van der Waals surface area (Å²) in [5, 5.41) is 9.91. The highest BCUT2D eigenvalue weighted by Crippen LogP contribution is 2.28. The van der Waals surface area contributed by atoms with Gasteiger partial charge in [-0.2, -0.15) is 0 Å². The van der Waals surface area contributed by atoms with Crippen molar-refractivity contribution in [3.8, 4) is 11.5 Å². The Balaban J connectivity index is 1.67. The summed E-state index contributed by atoms with van der Waals surface area (Å²) in [6.07, 6.45) is 0. The smallest absolute Gasteiger partial charge is 0.358 e. The van der Waals surface area contributed by atoms with Crippen LogP contribution in [0.5, 0.6) is 11.5 Å². The lowest BCUT2D eigenvalue weighted by molar-refractivity contribution is -0.598. The van der Waals surface area contributed by atoms with Gasteiger partial charge in [0.2, 0.25) is 0 Å². The SMILES string of the molecule is Cc1cc(OCc2cc(I)c(O)c(I)c2)ccc1[I+]c1ccc(C(C)(C)C)cc1. The molecule has 0 atom stereocenters. The fraction of sp³-hybridized carbons (Fsp3) is 0.250. The lowest BCUT2D eigenvalue weighted by Crippen LogP contribution is -3.61. The number of halogens is 3. The third-order valence-electron chi connectivity index (χ3n) is 4.53. The average Bonchev–Trinajstić information content (AvgIpc) is 2.66. The molecule has 0 amide bonds. The summed E-state index contributed by atoms with van der Waals surface area (Å²) in [7, 11) is 0. The number of rotatable bonds is 5. The van der Waals surface area contributed by atoms with Gasteiger partial charge in [0.15, 0.2) is 7.14 Å². The fourth-order valence-electron chi connectivity index (χ4n) is 2.81. The first-order valence-electron chi connectivity index (χ1n) is 9.29. The highest BCUT2D eigenvalue weighted by molar-refractivity contribution is 14.1. The molecule has 2 nitrogen and oxygen atoms in total. The Morgan fingerprint density at radius 2 is 1.55 bits per heavy atom. The zero-order chi connectivity index (χ0) is 21.2. The minimum Gasteiger partial charge on any atom is -0.506 e. The highest BCUT2D eigenvalue weighted by atomic mass is 127. The summed E-state index contributed by atoms with van der Waals surface area (Å²) in [5.41, 5.74) is 3.92. The maximum Gasteiger partial charge on any atom is 0.358 e. The van der Waals surface area contributed by atoms with Crippen LogP contribution in [-0.2, 0) is 12.0 Å². The molecule has 29 heavy (non-hydrogen) atoms. The zero-order valence-corrected chi connectivity index (χ0v) is 23.4. The Kier molecular flexibility index (Phi) is 7.75. The Bertz CT molecular complexity index is 983. The van der Waals surface area contributed by atoms with Crippen molar-refractivity contribution in [1.82, 2.24) is 0 Å². The Hall–Kier alpha value is -0.550. The second kappa shape index (κ2) is 9.72. The van der Waals surface area contributed by atoms with E-state index < -0.39 is 0 Å². The molecule has 0 aliphatic heterocycles. The second-order valence-electron chi connectivity index (χ2n) is 7.96. The molecule has 3 aromatic carbocycles. The first-order valence-corrected chi connectivity index (χ1v) is 13.6. The second-order valence-corrected chi connectivity index (χ2v) is 13.2. The predicted molar refractivity (Wildman–Crippen MR) is 132 cm³/mol. The standard InChI is InChI=1S/C24H23I3O2/c1-15-11-19(29-14-16-12-20(25)23(28)21(26)13-16)9-10-22(15)27-18-7-5-17(6-8-18)24(2,3)4/h5-13H,14H2,1-4H3/p+1. The topological polar surface area (TPSA) is 29.5 Å². The number of ether oxygens (including phenoxy) is 1.